The van der Waals surface area contributed by atoms with E-state index in [0.29, 0.717) is 18.5 Å². The molecule has 1 aliphatic heterocycles. The minimum Gasteiger partial charge on any atom is -0.352 e. The maximum atomic E-state index is 12.0. The second-order valence-electron chi connectivity index (χ2n) is 5.36. The molecule has 1 amide bonds. The number of sulfone groups is 1. The summed E-state index contributed by atoms with van der Waals surface area (Å²) in [5.74, 6) is 0.368. The molecule has 104 valence electrons. The number of carbonyl (C=O) groups is 1. The van der Waals surface area contributed by atoms with Crippen LogP contribution in [0.3, 0.4) is 0 Å². The van der Waals surface area contributed by atoms with Gasteiger partial charge in [0.25, 0.3) is 5.91 Å². The standard InChI is InChI=1S/C14H19NO3S/c1-10-5-11(2)7-13(6-10)14(16)15-8-12-3-4-19(17,18)9-12/h5-7,12H,3-4,8-9H2,1-2H3,(H,15,16). The molecular formula is C14H19NO3S. The summed E-state index contributed by atoms with van der Waals surface area (Å²) < 4.78 is 22.7. The minimum atomic E-state index is -2.87. The zero-order chi connectivity index (χ0) is 14.0. The van der Waals surface area contributed by atoms with Crippen LogP contribution in [0.4, 0.5) is 0 Å². The fourth-order valence-corrected chi connectivity index (χ4v) is 4.34. The predicted molar refractivity (Wildman–Crippen MR) is 75.0 cm³/mol. The van der Waals surface area contributed by atoms with E-state index in [2.05, 4.69) is 5.32 Å². The zero-order valence-corrected chi connectivity index (χ0v) is 12.1. The van der Waals surface area contributed by atoms with Crippen LogP contribution < -0.4 is 5.32 Å². The van der Waals surface area contributed by atoms with Crippen LogP contribution in [0, 0.1) is 19.8 Å². The number of hydrogen-bond acceptors (Lipinski definition) is 3. The van der Waals surface area contributed by atoms with E-state index in [4.69, 9.17) is 0 Å². The summed E-state index contributed by atoms with van der Waals surface area (Å²) in [5, 5.41) is 2.83. The smallest absolute Gasteiger partial charge is 0.251 e. The second kappa shape index (κ2) is 5.33. The first kappa shape index (κ1) is 14.1. The Kier molecular flexibility index (Phi) is 3.94. The first-order valence-corrected chi connectivity index (χ1v) is 8.25. The zero-order valence-electron chi connectivity index (χ0n) is 11.3. The third-order valence-electron chi connectivity index (χ3n) is 3.36. The van der Waals surface area contributed by atoms with Crippen molar-refractivity contribution in [1.29, 1.82) is 0 Å². The number of hydrogen-bond donors (Lipinski definition) is 1. The number of nitrogens with one attached hydrogen (secondary N) is 1. The highest BCUT2D eigenvalue weighted by atomic mass is 32.2. The first-order valence-electron chi connectivity index (χ1n) is 6.43. The summed E-state index contributed by atoms with van der Waals surface area (Å²) in [5.41, 5.74) is 2.74. The Morgan fingerprint density at radius 1 is 1.26 bits per heavy atom. The molecule has 1 aromatic carbocycles. The van der Waals surface area contributed by atoms with E-state index < -0.39 is 9.84 Å². The van der Waals surface area contributed by atoms with Crippen molar-refractivity contribution in [1.82, 2.24) is 5.32 Å². The van der Waals surface area contributed by atoms with Crippen molar-refractivity contribution in [3.8, 4) is 0 Å². The lowest BCUT2D eigenvalue weighted by atomic mass is 10.1. The topological polar surface area (TPSA) is 63.2 Å². The molecule has 0 saturated carbocycles. The van der Waals surface area contributed by atoms with Crippen molar-refractivity contribution in [2.75, 3.05) is 18.1 Å². The molecule has 1 atom stereocenters. The quantitative estimate of drug-likeness (QED) is 0.912. The third kappa shape index (κ3) is 3.80. The lowest BCUT2D eigenvalue weighted by Gasteiger charge is -2.10. The normalized spacial score (nSPS) is 21.3. The molecule has 5 heteroatoms. The van der Waals surface area contributed by atoms with Gasteiger partial charge in [-0.05, 0) is 38.3 Å². The van der Waals surface area contributed by atoms with Gasteiger partial charge in [-0.25, -0.2) is 8.42 Å². The van der Waals surface area contributed by atoms with Crippen molar-refractivity contribution in [3.05, 3.63) is 34.9 Å². The molecule has 4 nitrogen and oxygen atoms in total. The highest BCUT2D eigenvalue weighted by Gasteiger charge is 2.27. The van der Waals surface area contributed by atoms with Gasteiger partial charge in [-0.15, -0.1) is 0 Å². The molecule has 0 aromatic heterocycles. The van der Waals surface area contributed by atoms with Crippen LogP contribution in [0.2, 0.25) is 0 Å². The summed E-state index contributed by atoms with van der Waals surface area (Å²) >= 11 is 0. The van der Waals surface area contributed by atoms with Crippen molar-refractivity contribution in [2.24, 2.45) is 5.92 Å². The van der Waals surface area contributed by atoms with Crippen LogP contribution >= 0.6 is 0 Å². The number of amides is 1. The van der Waals surface area contributed by atoms with Crippen molar-refractivity contribution in [3.63, 3.8) is 0 Å². The Balaban J connectivity index is 1.95. The van der Waals surface area contributed by atoms with E-state index in [-0.39, 0.29) is 23.3 Å². The number of aryl methyl sites for hydroxylation is 2. The van der Waals surface area contributed by atoms with E-state index in [0.717, 1.165) is 11.1 Å². The number of carbonyl (C=O) groups excluding carboxylic acids is 1. The summed E-state index contributed by atoms with van der Waals surface area (Å²) in [7, 11) is -2.87. The Labute approximate surface area is 114 Å². The van der Waals surface area contributed by atoms with Crippen molar-refractivity contribution in [2.45, 2.75) is 20.3 Å². The average molecular weight is 281 g/mol. The van der Waals surface area contributed by atoms with Gasteiger partial charge in [0.2, 0.25) is 0 Å². The van der Waals surface area contributed by atoms with Crippen LogP contribution in [0.5, 0.6) is 0 Å². The lowest BCUT2D eigenvalue weighted by Crippen LogP contribution is -2.29. The van der Waals surface area contributed by atoms with Crippen LogP contribution in [0.1, 0.15) is 27.9 Å². The maximum Gasteiger partial charge on any atom is 0.251 e. The largest absolute Gasteiger partial charge is 0.352 e. The van der Waals surface area contributed by atoms with Gasteiger partial charge < -0.3 is 5.32 Å². The van der Waals surface area contributed by atoms with Crippen LogP contribution in [-0.2, 0) is 9.84 Å². The Morgan fingerprint density at radius 2 is 1.89 bits per heavy atom. The van der Waals surface area contributed by atoms with Crippen molar-refractivity contribution >= 4 is 15.7 Å². The third-order valence-corrected chi connectivity index (χ3v) is 5.20. The van der Waals surface area contributed by atoms with E-state index in [1.54, 1.807) is 0 Å². The molecule has 1 aliphatic rings. The van der Waals surface area contributed by atoms with Gasteiger partial charge in [0.15, 0.2) is 9.84 Å². The fourth-order valence-electron chi connectivity index (χ4n) is 2.48. The molecule has 1 N–H and O–H groups in total. The molecule has 0 aliphatic carbocycles. The van der Waals surface area contributed by atoms with Gasteiger partial charge in [-0.3, -0.25) is 4.79 Å². The summed E-state index contributed by atoms with van der Waals surface area (Å²) in [6.07, 6.45) is 0.648. The molecule has 19 heavy (non-hydrogen) atoms. The van der Waals surface area contributed by atoms with Gasteiger partial charge in [0, 0.05) is 12.1 Å². The number of rotatable bonds is 3. The van der Waals surface area contributed by atoms with Crippen LogP contribution in [0.15, 0.2) is 18.2 Å². The van der Waals surface area contributed by atoms with E-state index in [1.807, 2.05) is 32.0 Å². The molecular weight excluding hydrogens is 262 g/mol. The SMILES string of the molecule is Cc1cc(C)cc(C(=O)NCC2CCS(=O)(=O)C2)c1. The van der Waals surface area contributed by atoms with E-state index in [1.165, 1.54) is 0 Å². The van der Waals surface area contributed by atoms with Gasteiger partial charge in [-0.1, -0.05) is 17.2 Å². The first-order chi connectivity index (χ1) is 8.85. The highest BCUT2D eigenvalue weighted by molar-refractivity contribution is 7.91. The van der Waals surface area contributed by atoms with Gasteiger partial charge in [0.05, 0.1) is 11.5 Å². The predicted octanol–water partition coefficient (Wildman–Crippen LogP) is 1.47. The maximum absolute atomic E-state index is 12.0. The monoisotopic (exact) mass is 281 g/mol. The van der Waals surface area contributed by atoms with Crippen LogP contribution in [0.25, 0.3) is 0 Å². The molecule has 0 radical (unpaired) electrons. The highest BCUT2D eigenvalue weighted by Crippen LogP contribution is 2.17. The van der Waals surface area contributed by atoms with E-state index in [9.17, 15) is 13.2 Å². The van der Waals surface area contributed by atoms with E-state index >= 15 is 0 Å². The molecule has 0 bridgehead atoms. The van der Waals surface area contributed by atoms with Crippen LogP contribution in [-0.4, -0.2) is 32.4 Å². The van der Waals surface area contributed by atoms with Gasteiger partial charge in [-0.2, -0.15) is 0 Å². The molecule has 1 aromatic rings. The minimum absolute atomic E-state index is 0.0554. The molecule has 1 saturated heterocycles. The number of benzene rings is 1. The molecule has 1 heterocycles. The summed E-state index contributed by atoms with van der Waals surface area (Å²) in [4.78, 5) is 12.0. The van der Waals surface area contributed by atoms with Crippen molar-refractivity contribution < 1.29 is 13.2 Å². The molecule has 1 unspecified atom stereocenters. The Hall–Kier alpha value is -1.36. The van der Waals surface area contributed by atoms with Gasteiger partial charge in [0.1, 0.15) is 0 Å². The Morgan fingerprint density at radius 3 is 2.42 bits per heavy atom. The van der Waals surface area contributed by atoms with Gasteiger partial charge >= 0.3 is 0 Å². The Bertz CT molecular complexity index is 572. The molecule has 0 spiro atoms. The fraction of sp³-hybridized carbons (Fsp3) is 0.500. The molecule has 1 fully saturated rings. The lowest BCUT2D eigenvalue weighted by molar-refractivity contribution is 0.0948. The summed E-state index contributed by atoms with van der Waals surface area (Å²) in [6.45, 7) is 4.34. The average Bonchev–Trinajstić information content (AvgIpc) is 2.64. The molecule has 2 rings (SSSR count). The second-order valence-corrected chi connectivity index (χ2v) is 7.58. The summed E-state index contributed by atoms with van der Waals surface area (Å²) in [6, 6.07) is 5.70.